The van der Waals surface area contributed by atoms with Gasteiger partial charge in [0.05, 0.1) is 20.6 Å². The first kappa shape index (κ1) is 19.5. The van der Waals surface area contributed by atoms with Crippen LogP contribution in [0.15, 0.2) is 47.4 Å². The molecule has 0 aromatic heterocycles. The molecule has 1 N–H and O–H groups in total. The Hall–Kier alpha value is -1.27. The quantitative estimate of drug-likeness (QED) is 0.706. The summed E-state index contributed by atoms with van der Waals surface area (Å²) in [6.07, 6.45) is 1.82. The molecule has 0 bridgehead atoms. The van der Waals surface area contributed by atoms with Gasteiger partial charge in [-0.15, -0.1) is 0 Å². The Bertz CT molecular complexity index is 937. The highest BCUT2D eigenvalue weighted by Gasteiger charge is 2.53. The van der Waals surface area contributed by atoms with Gasteiger partial charge in [0.15, 0.2) is 14.6 Å². The summed E-state index contributed by atoms with van der Waals surface area (Å²) in [5.74, 6) is -0.589. The largest absolute Gasteiger partial charge is 0.323 e. The van der Waals surface area contributed by atoms with Crippen LogP contribution in [0.5, 0.6) is 0 Å². The van der Waals surface area contributed by atoms with Crippen molar-refractivity contribution < 1.29 is 13.2 Å². The average Bonchev–Trinajstić information content (AvgIpc) is 3.11. The second kappa shape index (κ2) is 7.39. The zero-order valence-electron chi connectivity index (χ0n) is 13.6. The predicted molar refractivity (Wildman–Crippen MR) is 105 cm³/mol. The normalized spacial score (nSPS) is 16.4. The smallest absolute Gasteiger partial charge is 0.246 e. The van der Waals surface area contributed by atoms with E-state index in [1.54, 1.807) is 18.2 Å². The molecule has 0 aliphatic heterocycles. The number of rotatable bonds is 4. The highest BCUT2D eigenvalue weighted by Crippen LogP contribution is 2.42. The number of benzene rings is 2. The van der Waals surface area contributed by atoms with Crippen LogP contribution in [-0.2, 0) is 14.6 Å². The molecule has 1 amide bonds. The summed E-state index contributed by atoms with van der Waals surface area (Å²) in [4.78, 5) is 13.1. The predicted octanol–water partition coefficient (Wildman–Crippen LogP) is 5.37. The van der Waals surface area contributed by atoms with Gasteiger partial charge in [-0.05, 0) is 49.2 Å². The maximum atomic E-state index is 13.3. The molecule has 26 heavy (non-hydrogen) atoms. The third kappa shape index (κ3) is 3.33. The standard InChI is InChI=1S/C18H16Cl3NO3S/c19-12-6-8-13(9-7-12)26(24,25)18(10-1-2-11-18)17(23)22-15-5-3-4-14(20)16(15)21/h3-9H,1-2,10-11H2,(H,22,23). The Morgan fingerprint density at radius 2 is 1.58 bits per heavy atom. The van der Waals surface area contributed by atoms with E-state index in [2.05, 4.69) is 5.32 Å². The molecule has 0 spiro atoms. The van der Waals surface area contributed by atoms with Gasteiger partial charge in [0, 0.05) is 5.02 Å². The van der Waals surface area contributed by atoms with E-state index >= 15 is 0 Å². The Kier molecular flexibility index (Phi) is 5.54. The molecule has 0 atom stereocenters. The molecular weight excluding hydrogens is 417 g/mol. The van der Waals surface area contributed by atoms with Crippen LogP contribution >= 0.6 is 34.8 Å². The molecule has 138 valence electrons. The molecule has 0 saturated heterocycles. The SMILES string of the molecule is O=C(Nc1cccc(Cl)c1Cl)C1(S(=O)(=O)c2ccc(Cl)cc2)CCCC1. The zero-order chi connectivity index (χ0) is 18.9. The van der Waals surface area contributed by atoms with Crippen LogP contribution in [0.25, 0.3) is 0 Å². The first-order valence-corrected chi connectivity index (χ1v) is 10.7. The van der Waals surface area contributed by atoms with Gasteiger partial charge < -0.3 is 5.32 Å². The fourth-order valence-corrected chi connectivity index (χ4v) is 5.78. The monoisotopic (exact) mass is 431 g/mol. The zero-order valence-corrected chi connectivity index (χ0v) is 16.7. The van der Waals surface area contributed by atoms with E-state index in [0.29, 0.717) is 23.6 Å². The minimum atomic E-state index is -3.91. The minimum absolute atomic E-state index is 0.0798. The first-order valence-electron chi connectivity index (χ1n) is 8.04. The van der Waals surface area contributed by atoms with Crippen LogP contribution in [0.2, 0.25) is 15.1 Å². The molecule has 3 rings (SSSR count). The van der Waals surface area contributed by atoms with Gasteiger partial charge in [-0.2, -0.15) is 0 Å². The van der Waals surface area contributed by atoms with Crippen molar-refractivity contribution in [3.05, 3.63) is 57.5 Å². The van der Waals surface area contributed by atoms with Gasteiger partial charge in [-0.25, -0.2) is 8.42 Å². The topological polar surface area (TPSA) is 63.2 Å². The molecule has 0 unspecified atom stereocenters. The second-order valence-corrected chi connectivity index (χ2v) is 9.70. The van der Waals surface area contributed by atoms with E-state index in [0.717, 1.165) is 0 Å². The highest BCUT2D eigenvalue weighted by atomic mass is 35.5. The fourth-order valence-electron chi connectivity index (χ4n) is 3.24. The van der Waals surface area contributed by atoms with E-state index in [-0.39, 0.29) is 27.8 Å². The summed E-state index contributed by atoms with van der Waals surface area (Å²) in [6.45, 7) is 0. The van der Waals surface area contributed by atoms with Gasteiger partial charge in [0.1, 0.15) is 0 Å². The van der Waals surface area contributed by atoms with Gasteiger partial charge in [0.2, 0.25) is 5.91 Å². The lowest BCUT2D eigenvalue weighted by molar-refractivity contribution is -0.118. The van der Waals surface area contributed by atoms with E-state index < -0.39 is 20.5 Å². The molecule has 2 aromatic carbocycles. The van der Waals surface area contributed by atoms with Gasteiger partial charge in [-0.3, -0.25) is 4.79 Å². The number of hydrogen-bond donors (Lipinski definition) is 1. The maximum Gasteiger partial charge on any atom is 0.246 e. The number of halogens is 3. The minimum Gasteiger partial charge on any atom is -0.323 e. The lowest BCUT2D eigenvalue weighted by Gasteiger charge is -2.28. The van der Waals surface area contributed by atoms with Crippen LogP contribution in [0.3, 0.4) is 0 Å². The number of sulfone groups is 1. The van der Waals surface area contributed by atoms with Crippen LogP contribution in [0, 0.1) is 0 Å². The molecule has 0 radical (unpaired) electrons. The van der Waals surface area contributed by atoms with E-state index in [1.807, 2.05) is 0 Å². The first-order chi connectivity index (χ1) is 12.3. The average molecular weight is 433 g/mol. The van der Waals surface area contributed by atoms with Crippen LogP contribution in [0.4, 0.5) is 5.69 Å². The fraction of sp³-hybridized carbons (Fsp3) is 0.278. The van der Waals surface area contributed by atoms with Gasteiger partial charge in [0.25, 0.3) is 0 Å². The van der Waals surface area contributed by atoms with E-state index in [9.17, 15) is 13.2 Å². The molecule has 4 nitrogen and oxygen atoms in total. The van der Waals surface area contributed by atoms with Crippen molar-refractivity contribution >= 4 is 56.2 Å². The molecule has 1 aliphatic rings. The van der Waals surface area contributed by atoms with Crippen molar-refractivity contribution in [3.63, 3.8) is 0 Å². The summed E-state index contributed by atoms with van der Waals surface area (Å²) < 4.78 is 25.0. The molecule has 1 aliphatic carbocycles. The molecule has 1 fully saturated rings. The Labute approximate surface area is 167 Å². The van der Waals surface area contributed by atoms with Crippen LogP contribution in [-0.4, -0.2) is 19.1 Å². The van der Waals surface area contributed by atoms with Crippen molar-refractivity contribution in [2.24, 2.45) is 0 Å². The maximum absolute atomic E-state index is 13.3. The molecule has 8 heteroatoms. The Morgan fingerprint density at radius 1 is 0.962 bits per heavy atom. The lowest BCUT2D eigenvalue weighted by atomic mass is 10.1. The van der Waals surface area contributed by atoms with Crippen molar-refractivity contribution in [3.8, 4) is 0 Å². The van der Waals surface area contributed by atoms with Gasteiger partial charge >= 0.3 is 0 Å². The Balaban J connectivity index is 2.01. The summed E-state index contributed by atoms with van der Waals surface area (Å²) in [5, 5.41) is 3.55. The Morgan fingerprint density at radius 3 is 2.19 bits per heavy atom. The number of amides is 1. The summed E-state index contributed by atoms with van der Waals surface area (Å²) in [6, 6.07) is 10.7. The molecule has 1 saturated carbocycles. The third-order valence-corrected chi connectivity index (χ3v) is 8.25. The van der Waals surface area contributed by atoms with Gasteiger partial charge in [-0.1, -0.05) is 53.7 Å². The molecule has 2 aromatic rings. The summed E-state index contributed by atoms with van der Waals surface area (Å²) >= 11 is 18.0. The third-order valence-electron chi connectivity index (χ3n) is 4.66. The summed E-state index contributed by atoms with van der Waals surface area (Å²) in [5.41, 5.74) is 0.293. The number of nitrogens with one attached hydrogen (secondary N) is 1. The summed E-state index contributed by atoms with van der Waals surface area (Å²) in [7, 11) is -3.91. The van der Waals surface area contributed by atoms with Crippen LogP contribution < -0.4 is 5.32 Å². The van der Waals surface area contributed by atoms with Crippen molar-refractivity contribution in [1.29, 1.82) is 0 Å². The molecular formula is C18H16Cl3NO3S. The van der Waals surface area contributed by atoms with E-state index in [4.69, 9.17) is 34.8 Å². The van der Waals surface area contributed by atoms with E-state index in [1.165, 1.54) is 24.3 Å². The number of carbonyl (C=O) groups excluding carboxylic acids is 1. The highest BCUT2D eigenvalue weighted by molar-refractivity contribution is 7.93. The van der Waals surface area contributed by atoms with Crippen molar-refractivity contribution in [2.75, 3.05) is 5.32 Å². The second-order valence-electron chi connectivity index (χ2n) is 6.21. The number of hydrogen-bond acceptors (Lipinski definition) is 3. The number of carbonyl (C=O) groups is 1. The molecule has 0 heterocycles. The van der Waals surface area contributed by atoms with Crippen molar-refractivity contribution in [2.45, 2.75) is 35.3 Å². The number of anilines is 1. The lowest BCUT2D eigenvalue weighted by Crippen LogP contribution is -2.47. The van der Waals surface area contributed by atoms with Crippen LogP contribution in [0.1, 0.15) is 25.7 Å². The van der Waals surface area contributed by atoms with Crippen molar-refractivity contribution in [1.82, 2.24) is 0 Å².